The van der Waals surface area contributed by atoms with E-state index in [1.54, 1.807) is 25.3 Å². The first-order valence-corrected chi connectivity index (χ1v) is 7.51. The van der Waals surface area contributed by atoms with Crippen molar-refractivity contribution in [2.24, 2.45) is 0 Å². The highest BCUT2D eigenvalue weighted by Gasteiger charge is 2.28. The van der Waals surface area contributed by atoms with E-state index >= 15 is 0 Å². The smallest absolute Gasteiger partial charge is 0.232 e. The van der Waals surface area contributed by atoms with E-state index < -0.39 is 0 Å². The lowest BCUT2D eigenvalue weighted by Crippen LogP contribution is -2.24. The lowest BCUT2D eigenvalue weighted by atomic mass is 9.86. The third kappa shape index (κ3) is 2.66. The van der Waals surface area contributed by atoms with Crippen molar-refractivity contribution >= 4 is 17.4 Å². The SMILES string of the molecule is CC(=O)c1ccc(NC(=O)[C@@H]2CCCc3[nH]ncc32)cc1C. The molecule has 0 saturated carbocycles. The molecule has 1 amide bonds. The minimum atomic E-state index is -0.157. The Morgan fingerprint density at radius 3 is 2.91 bits per heavy atom. The number of benzene rings is 1. The highest BCUT2D eigenvalue weighted by atomic mass is 16.2. The van der Waals surface area contributed by atoms with E-state index in [4.69, 9.17) is 0 Å². The molecular formula is C17H19N3O2. The van der Waals surface area contributed by atoms with Gasteiger partial charge in [-0.3, -0.25) is 14.7 Å². The van der Waals surface area contributed by atoms with E-state index in [1.165, 1.54) is 0 Å². The van der Waals surface area contributed by atoms with Crippen LogP contribution in [0.4, 0.5) is 5.69 Å². The first-order chi connectivity index (χ1) is 10.6. The number of aryl methyl sites for hydroxylation is 2. The van der Waals surface area contributed by atoms with Crippen molar-refractivity contribution in [1.82, 2.24) is 10.2 Å². The Morgan fingerprint density at radius 1 is 1.36 bits per heavy atom. The first kappa shape index (κ1) is 14.5. The molecule has 1 aromatic heterocycles. The predicted octanol–water partition coefficient (Wildman–Crippen LogP) is 2.98. The number of aromatic amines is 1. The van der Waals surface area contributed by atoms with Gasteiger partial charge < -0.3 is 5.32 Å². The van der Waals surface area contributed by atoms with Crippen LogP contribution in [0.5, 0.6) is 0 Å². The van der Waals surface area contributed by atoms with E-state index in [9.17, 15) is 9.59 Å². The average Bonchev–Trinajstić information content (AvgIpc) is 2.95. The Labute approximate surface area is 129 Å². The van der Waals surface area contributed by atoms with Gasteiger partial charge in [0.05, 0.1) is 12.1 Å². The number of fused-ring (bicyclic) bond motifs is 1. The standard InChI is InChI=1S/C17H19N3O2/c1-10-8-12(6-7-13(10)11(2)21)19-17(22)14-4-3-5-16-15(14)9-18-20-16/h6-9,14H,3-5H2,1-2H3,(H,18,20)(H,19,22)/t14-/m1/s1. The van der Waals surface area contributed by atoms with Crippen LogP contribution in [-0.2, 0) is 11.2 Å². The molecule has 0 unspecified atom stereocenters. The molecule has 1 aliphatic rings. The molecule has 0 fully saturated rings. The van der Waals surface area contributed by atoms with Gasteiger partial charge in [0.2, 0.25) is 5.91 Å². The zero-order valence-electron chi connectivity index (χ0n) is 12.8. The highest BCUT2D eigenvalue weighted by molar-refractivity contribution is 5.98. The van der Waals surface area contributed by atoms with Crippen molar-refractivity contribution in [3.63, 3.8) is 0 Å². The minimum absolute atomic E-state index is 0.0164. The lowest BCUT2D eigenvalue weighted by molar-refractivity contribution is -0.117. The molecule has 3 rings (SSSR count). The number of nitrogens with zero attached hydrogens (tertiary/aromatic N) is 1. The van der Waals surface area contributed by atoms with Gasteiger partial charge in [-0.2, -0.15) is 5.10 Å². The molecule has 0 saturated heterocycles. The van der Waals surface area contributed by atoms with E-state index in [0.29, 0.717) is 5.56 Å². The van der Waals surface area contributed by atoms with Crippen molar-refractivity contribution in [2.75, 3.05) is 5.32 Å². The quantitative estimate of drug-likeness (QED) is 0.855. The van der Waals surface area contributed by atoms with Crippen LogP contribution in [0, 0.1) is 6.92 Å². The zero-order chi connectivity index (χ0) is 15.7. The molecule has 2 N–H and O–H groups in total. The number of carbonyl (C=O) groups is 2. The predicted molar refractivity (Wildman–Crippen MR) is 84.1 cm³/mol. The molecular weight excluding hydrogens is 278 g/mol. The molecule has 0 aliphatic heterocycles. The van der Waals surface area contributed by atoms with Gasteiger partial charge in [0, 0.05) is 22.5 Å². The summed E-state index contributed by atoms with van der Waals surface area (Å²) in [6, 6.07) is 5.38. The third-order valence-corrected chi connectivity index (χ3v) is 4.24. The number of nitrogens with one attached hydrogen (secondary N) is 2. The molecule has 5 nitrogen and oxygen atoms in total. The second-order valence-corrected chi connectivity index (χ2v) is 5.82. The number of amides is 1. The first-order valence-electron chi connectivity index (χ1n) is 7.51. The molecule has 1 aromatic carbocycles. The number of ketones is 1. The van der Waals surface area contributed by atoms with Crippen LogP contribution in [0.2, 0.25) is 0 Å². The molecule has 2 aromatic rings. The van der Waals surface area contributed by atoms with E-state index in [-0.39, 0.29) is 17.6 Å². The van der Waals surface area contributed by atoms with Crippen molar-refractivity contribution in [2.45, 2.75) is 39.0 Å². The topological polar surface area (TPSA) is 74.8 Å². The fraction of sp³-hybridized carbons (Fsp3) is 0.353. The molecule has 0 radical (unpaired) electrons. The molecule has 0 spiro atoms. The lowest BCUT2D eigenvalue weighted by Gasteiger charge is -2.21. The molecule has 1 atom stereocenters. The van der Waals surface area contributed by atoms with Crippen LogP contribution < -0.4 is 5.32 Å². The van der Waals surface area contributed by atoms with Crippen LogP contribution in [-0.4, -0.2) is 21.9 Å². The monoisotopic (exact) mass is 297 g/mol. The second-order valence-electron chi connectivity index (χ2n) is 5.82. The second kappa shape index (κ2) is 5.75. The van der Waals surface area contributed by atoms with Gasteiger partial charge in [0.15, 0.2) is 5.78 Å². The molecule has 22 heavy (non-hydrogen) atoms. The summed E-state index contributed by atoms with van der Waals surface area (Å²) in [4.78, 5) is 24.0. The molecule has 5 heteroatoms. The normalized spacial score (nSPS) is 16.9. The molecule has 0 bridgehead atoms. The van der Waals surface area contributed by atoms with Crippen molar-refractivity contribution < 1.29 is 9.59 Å². The third-order valence-electron chi connectivity index (χ3n) is 4.24. The minimum Gasteiger partial charge on any atom is -0.326 e. The maximum Gasteiger partial charge on any atom is 0.232 e. The van der Waals surface area contributed by atoms with Crippen molar-refractivity contribution in [3.05, 3.63) is 46.8 Å². The summed E-state index contributed by atoms with van der Waals surface area (Å²) in [6.07, 6.45) is 4.52. The Balaban J connectivity index is 1.78. The fourth-order valence-electron chi connectivity index (χ4n) is 3.10. The summed E-state index contributed by atoms with van der Waals surface area (Å²) in [5.41, 5.74) is 4.35. The Kier molecular flexibility index (Phi) is 3.79. The summed E-state index contributed by atoms with van der Waals surface area (Å²) in [5.74, 6) is -0.140. The summed E-state index contributed by atoms with van der Waals surface area (Å²) in [6.45, 7) is 3.42. The van der Waals surface area contributed by atoms with E-state index in [2.05, 4.69) is 15.5 Å². The highest BCUT2D eigenvalue weighted by Crippen LogP contribution is 2.31. The molecule has 1 aliphatic carbocycles. The zero-order valence-corrected chi connectivity index (χ0v) is 12.8. The van der Waals surface area contributed by atoms with E-state index in [1.807, 2.05) is 13.0 Å². The number of carbonyl (C=O) groups excluding carboxylic acids is 2. The fourth-order valence-corrected chi connectivity index (χ4v) is 3.10. The Hall–Kier alpha value is -2.43. The van der Waals surface area contributed by atoms with Crippen LogP contribution in [0.15, 0.2) is 24.4 Å². The van der Waals surface area contributed by atoms with E-state index in [0.717, 1.165) is 41.8 Å². The Bertz CT molecular complexity index is 733. The van der Waals surface area contributed by atoms with Gasteiger partial charge in [0.1, 0.15) is 0 Å². The van der Waals surface area contributed by atoms with Gasteiger partial charge in [-0.1, -0.05) is 0 Å². The number of H-pyrrole nitrogens is 1. The van der Waals surface area contributed by atoms with Crippen LogP contribution in [0.25, 0.3) is 0 Å². The van der Waals surface area contributed by atoms with Gasteiger partial charge in [0.25, 0.3) is 0 Å². The van der Waals surface area contributed by atoms with Gasteiger partial charge >= 0.3 is 0 Å². The van der Waals surface area contributed by atoms with Crippen LogP contribution in [0.1, 0.15) is 52.9 Å². The van der Waals surface area contributed by atoms with Gasteiger partial charge in [-0.25, -0.2) is 0 Å². The molecule has 1 heterocycles. The summed E-state index contributed by atoms with van der Waals surface area (Å²) in [7, 11) is 0. The van der Waals surface area contributed by atoms with Crippen molar-refractivity contribution in [3.8, 4) is 0 Å². The summed E-state index contributed by atoms with van der Waals surface area (Å²) < 4.78 is 0. The number of hydrogen-bond donors (Lipinski definition) is 2. The number of rotatable bonds is 3. The maximum atomic E-state index is 12.5. The number of Topliss-reactive ketones (excluding diaryl/α,β-unsaturated/α-hetero) is 1. The van der Waals surface area contributed by atoms with Gasteiger partial charge in [-0.15, -0.1) is 0 Å². The van der Waals surface area contributed by atoms with Crippen LogP contribution in [0.3, 0.4) is 0 Å². The van der Waals surface area contributed by atoms with Gasteiger partial charge in [-0.05, 0) is 56.9 Å². The maximum absolute atomic E-state index is 12.5. The number of hydrogen-bond acceptors (Lipinski definition) is 3. The number of aromatic nitrogens is 2. The van der Waals surface area contributed by atoms with Crippen molar-refractivity contribution in [1.29, 1.82) is 0 Å². The summed E-state index contributed by atoms with van der Waals surface area (Å²) >= 11 is 0. The van der Waals surface area contributed by atoms with Crippen LogP contribution >= 0.6 is 0 Å². The molecule has 114 valence electrons. The average molecular weight is 297 g/mol. The summed E-state index contributed by atoms with van der Waals surface area (Å²) in [5, 5.41) is 9.97. The Morgan fingerprint density at radius 2 is 2.18 bits per heavy atom. The largest absolute Gasteiger partial charge is 0.326 e. The number of anilines is 1.